The van der Waals surface area contributed by atoms with Crippen molar-refractivity contribution in [2.45, 2.75) is 82.5 Å². The first kappa shape index (κ1) is 23.6. The lowest BCUT2D eigenvalue weighted by Gasteiger charge is -2.20. The highest BCUT2D eigenvalue weighted by Crippen LogP contribution is 2.35. The smallest absolute Gasteiger partial charge is 0.306 e. The van der Waals surface area contributed by atoms with Gasteiger partial charge < -0.3 is 9.47 Å². The molecule has 0 aliphatic carbocycles. The number of hydrogen-bond donors (Lipinski definition) is 0. The van der Waals surface area contributed by atoms with Gasteiger partial charge in [0.05, 0.1) is 22.8 Å². The summed E-state index contributed by atoms with van der Waals surface area (Å²) in [6, 6.07) is 5.21. The zero-order valence-corrected chi connectivity index (χ0v) is 18.8. The highest BCUT2D eigenvalue weighted by atomic mass is 32.2. The van der Waals surface area contributed by atoms with E-state index >= 15 is 0 Å². The van der Waals surface area contributed by atoms with Crippen molar-refractivity contribution in [1.29, 1.82) is 0 Å². The third-order valence-corrected chi connectivity index (χ3v) is 6.90. The maximum Gasteiger partial charge on any atom is 0.306 e. The highest BCUT2D eigenvalue weighted by Gasteiger charge is 2.42. The minimum Gasteiger partial charge on any atom is -0.457 e. The van der Waals surface area contributed by atoms with Crippen LogP contribution in [0.1, 0.15) is 69.9 Å². The van der Waals surface area contributed by atoms with Crippen molar-refractivity contribution in [3.8, 4) is 0 Å². The van der Waals surface area contributed by atoms with Crippen LogP contribution in [-0.4, -0.2) is 49.7 Å². The minimum atomic E-state index is -3.65. The van der Waals surface area contributed by atoms with Crippen molar-refractivity contribution >= 4 is 27.7 Å². The number of aromatic nitrogens is 1. The van der Waals surface area contributed by atoms with E-state index in [9.17, 15) is 18.0 Å². The predicted octanol–water partition coefficient (Wildman–Crippen LogP) is 3.63. The number of esters is 1. The molecule has 3 unspecified atom stereocenters. The lowest BCUT2D eigenvalue weighted by Crippen LogP contribution is -2.27. The van der Waals surface area contributed by atoms with Crippen LogP contribution in [0.4, 0.5) is 0 Å². The van der Waals surface area contributed by atoms with Crippen LogP contribution in [0.2, 0.25) is 0 Å². The topological polar surface area (TPSA) is 103 Å². The van der Waals surface area contributed by atoms with E-state index in [0.29, 0.717) is 31.4 Å². The molecule has 0 saturated carbocycles. The van der Waals surface area contributed by atoms with Gasteiger partial charge in [-0.1, -0.05) is 25.3 Å². The monoisotopic (exact) mass is 449 g/mol. The van der Waals surface area contributed by atoms with Crippen LogP contribution in [0, 0.1) is 0 Å². The first-order chi connectivity index (χ1) is 14.8. The van der Waals surface area contributed by atoms with Crippen molar-refractivity contribution < 1.29 is 27.5 Å². The maximum absolute atomic E-state index is 12.6. The molecule has 3 heterocycles. The number of rotatable bonds is 3. The van der Waals surface area contributed by atoms with Gasteiger partial charge in [-0.25, -0.2) is 8.42 Å². The van der Waals surface area contributed by atoms with Gasteiger partial charge in [-0.2, -0.15) is 0 Å². The number of ketones is 1. The molecule has 2 saturated heterocycles. The molecule has 0 amide bonds. The summed E-state index contributed by atoms with van der Waals surface area (Å²) >= 11 is 0. The average molecular weight is 450 g/mol. The van der Waals surface area contributed by atoms with Gasteiger partial charge in [-0.3, -0.25) is 14.6 Å². The maximum atomic E-state index is 12.6. The van der Waals surface area contributed by atoms with Crippen molar-refractivity contribution in [2.24, 2.45) is 0 Å². The molecule has 31 heavy (non-hydrogen) atoms. The molecule has 170 valence electrons. The zero-order chi connectivity index (χ0) is 22.3. The Bertz CT molecular complexity index is 896. The van der Waals surface area contributed by atoms with Crippen LogP contribution >= 0.6 is 0 Å². The number of cyclic esters (lactones) is 1. The summed E-state index contributed by atoms with van der Waals surface area (Å²) in [6.45, 7) is 0. The number of fused-ring (bicyclic) bond motifs is 1. The van der Waals surface area contributed by atoms with Gasteiger partial charge in [-0.15, -0.1) is 0 Å². The molecule has 8 heteroatoms. The molecule has 0 spiro atoms. The van der Waals surface area contributed by atoms with Gasteiger partial charge in [-0.05, 0) is 37.5 Å². The zero-order valence-electron chi connectivity index (χ0n) is 18.0. The van der Waals surface area contributed by atoms with Gasteiger partial charge in [0.2, 0.25) is 0 Å². The van der Waals surface area contributed by atoms with E-state index < -0.39 is 21.9 Å². The van der Waals surface area contributed by atoms with Crippen molar-refractivity contribution in [3.05, 3.63) is 35.0 Å². The lowest BCUT2D eigenvalue weighted by molar-refractivity contribution is -0.147. The molecule has 7 nitrogen and oxygen atoms in total. The molecule has 3 atom stereocenters. The number of carbonyl (C=O) groups excluding carboxylic acids is 2. The molecular formula is C23H31NO6S. The summed E-state index contributed by atoms with van der Waals surface area (Å²) < 4.78 is 36.6. The molecule has 0 N–H and O–H groups in total. The summed E-state index contributed by atoms with van der Waals surface area (Å²) in [5.74, 6) is -0.341. The van der Waals surface area contributed by atoms with E-state index in [4.69, 9.17) is 9.47 Å². The first-order valence-electron chi connectivity index (χ1n) is 11.0. The Hall–Kier alpha value is -2.06. The first-order valence-corrected chi connectivity index (χ1v) is 12.9. The van der Waals surface area contributed by atoms with Crippen molar-refractivity contribution in [3.63, 3.8) is 0 Å². The van der Waals surface area contributed by atoms with Gasteiger partial charge >= 0.3 is 5.97 Å². The standard InChI is InChI=1S/C23H31NO6S/c1-31(27,28)22(15-17-9-6-7-14-24-17)21-16-20-19(29-20)12-5-3-2-4-10-18(25)11-8-13-23(26)30-21/h6-7,9,14-15,19-21H,2-5,8,10-13,16H2,1H3/b22-15+. The molecular weight excluding hydrogens is 418 g/mol. The Morgan fingerprint density at radius 1 is 1.03 bits per heavy atom. The molecule has 3 rings (SSSR count). The fourth-order valence-electron chi connectivity index (χ4n) is 3.91. The predicted molar refractivity (Wildman–Crippen MR) is 117 cm³/mol. The molecule has 2 aliphatic heterocycles. The second kappa shape index (κ2) is 11.0. The Kier molecular flexibility index (Phi) is 8.37. The molecule has 2 aliphatic rings. The van der Waals surface area contributed by atoms with Gasteiger partial charge in [0, 0.05) is 38.1 Å². The number of Topliss-reactive ketones (excluding diaryl/α,β-unsaturated/α-hetero) is 1. The number of epoxide rings is 1. The number of sulfone groups is 1. The fraction of sp³-hybridized carbons (Fsp3) is 0.609. The van der Waals surface area contributed by atoms with Gasteiger partial charge in [0.1, 0.15) is 11.9 Å². The van der Waals surface area contributed by atoms with Crippen LogP contribution in [0.5, 0.6) is 0 Å². The Balaban J connectivity index is 1.80. The van der Waals surface area contributed by atoms with E-state index in [0.717, 1.165) is 38.4 Å². The second-order valence-electron chi connectivity index (χ2n) is 8.35. The summed E-state index contributed by atoms with van der Waals surface area (Å²) in [5.41, 5.74) is 0.477. The fourth-order valence-corrected chi connectivity index (χ4v) is 4.87. The molecule has 0 bridgehead atoms. The van der Waals surface area contributed by atoms with Crippen LogP contribution in [0.15, 0.2) is 29.3 Å². The number of hydrogen-bond acceptors (Lipinski definition) is 7. The van der Waals surface area contributed by atoms with Gasteiger partial charge in [0.25, 0.3) is 0 Å². The van der Waals surface area contributed by atoms with Crippen LogP contribution in [-0.2, 0) is 28.9 Å². The number of ether oxygens (including phenoxy) is 2. The third-order valence-electron chi connectivity index (χ3n) is 5.66. The van der Waals surface area contributed by atoms with E-state index in [1.54, 1.807) is 24.4 Å². The van der Waals surface area contributed by atoms with Crippen LogP contribution in [0.25, 0.3) is 6.08 Å². The van der Waals surface area contributed by atoms with Crippen LogP contribution in [0.3, 0.4) is 0 Å². The van der Waals surface area contributed by atoms with E-state index in [-0.39, 0.29) is 29.3 Å². The van der Waals surface area contributed by atoms with E-state index in [2.05, 4.69) is 4.98 Å². The summed E-state index contributed by atoms with van der Waals surface area (Å²) in [7, 11) is -3.65. The van der Waals surface area contributed by atoms with E-state index in [1.165, 1.54) is 6.08 Å². The quantitative estimate of drug-likeness (QED) is 0.513. The van der Waals surface area contributed by atoms with Crippen molar-refractivity contribution in [1.82, 2.24) is 4.98 Å². The normalized spacial score (nSPS) is 27.3. The number of pyridine rings is 1. The number of carbonyl (C=O) groups is 2. The Morgan fingerprint density at radius 3 is 2.55 bits per heavy atom. The molecule has 1 aromatic rings. The molecule has 2 fully saturated rings. The molecule has 0 radical (unpaired) electrons. The minimum absolute atomic E-state index is 0.0194. The lowest BCUT2D eigenvalue weighted by atomic mass is 10.0. The third kappa shape index (κ3) is 7.85. The summed E-state index contributed by atoms with van der Waals surface area (Å²) in [6.07, 6.45) is 9.65. The molecule has 0 aromatic carbocycles. The summed E-state index contributed by atoms with van der Waals surface area (Å²) in [5, 5.41) is 0. The van der Waals surface area contributed by atoms with Gasteiger partial charge in [0.15, 0.2) is 9.84 Å². The molecule has 1 aromatic heterocycles. The van der Waals surface area contributed by atoms with Crippen LogP contribution < -0.4 is 0 Å². The average Bonchev–Trinajstić information content (AvgIpc) is 3.45. The Morgan fingerprint density at radius 2 is 1.81 bits per heavy atom. The summed E-state index contributed by atoms with van der Waals surface area (Å²) in [4.78, 5) is 28.7. The number of nitrogens with zero attached hydrogens (tertiary/aromatic N) is 1. The van der Waals surface area contributed by atoms with E-state index in [1.807, 2.05) is 0 Å². The largest absolute Gasteiger partial charge is 0.457 e. The SMILES string of the molecule is CS(=O)(=O)/C(=C/c1ccccn1)C1CC2OC2CCCCCCC(=O)CCCC(=O)O1. The highest BCUT2D eigenvalue weighted by molar-refractivity contribution is 7.94. The Labute approximate surface area is 184 Å². The van der Waals surface area contributed by atoms with Crippen molar-refractivity contribution in [2.75, 3.05) is 6.26 Å². The second-order valence-corrected chi connectivity index (χ2v) is 10.4.